The van der Waals surface area contributed by atoms with E-state index in [0.717, 1.165) is 18.7 Å². The van der Waals surface area contributed by atoms with Gasteiger partial charge in [-0.1, -0.05) is 12.5 Å². The molecule has 0 unspecified atom stereocenters. The molecule has 0 saturated carbocycles. The van der Waals surface area contributed by atoms with E-state index in [2.05, 4.69) is 31.8 Å². The van der Waals surface area contributed by atoms with Crippen LogP contribution in [0.2, 0.25) is 0 Å². The van der Waals surface area contributed by atoms with Crippen LogP contribution in [0.25, 0.3) is 0 Å². The lowest BCUT2D eigenvalue weighted by molar-refractivity contribution is 0.932. The molecule has 0 heterocycles. The van der Waals surface area contributed by atoms with Crippen LogP contribution >= 0.6 is 0 Å². The molecule has 0 fully saturated rings. The standard InChI is InChI=1S/C9H17N/c1-5-6-10-9(4)7-8(2)3/h7H,5-6H2,1-4H3. The van der Waals surface area contributed by atoms with Gasteiger partial charge in [0.15, 0.2) is 0 Å². The Labute approximate surface area is 63.9 Å². The molecule has 0 aliphatic rings. The lowest BCUT2D eigenvalue weighted by Gasteiger charge is -1.92. The maximum absolute atomic E-state index is 4.32. The zero-order chi connectivity index (χ0) is 7.98. The predicted octanol–water partition coefficient (Wildman–Crippen LogP) is 2.82. The highest BCUT2D eigenvalue weighted by molar-refractivity contribution is 5.93. The number of hydrogen-bond donors (Lipinski definition) is 0. The molecule has 0 aliphatic heterocycles. The maximum Gasteiger partial charge on any atom is 0.0389 e. The number of rotatable bonds is 3. The van der Waals surface area contributed by atoms with Crippen LogP contribution in [0, 0.1) is 0 Å². The predicted molar refractivity (Wildman–Crippen MR) is 47.7 cm³/mol. The summed E-state index contributed by atoms with van der Waals surface area (Å²) in [4.78, 5) is 4.32. The molecule has 1 nitrogen and oxygen atoms in total. The maximum atomic E-state index is 4.32. The van der Waals surface area contributed by atoms with Gasteiger partial charge < -0.3 is 0 Å². The zero-order valence-corrected chi connectivity index (χ0v) is 7.44. The molecule has 0 radical (unpaired) electrons. The van der Waals surface area contributed by atoms with Gasteiger partial charge in [0.2, 0.25) is 0 Å². The second kappa shape index (κ2) is 5.21. The molecule has 0 bridgehead atoms. The van der Waals surface area contributed by atoms with E-state index in [1.165, 1.54) is 5.57 Å². The van der Waals surface area contributed by atoms with Crippen LogP contribution in [0.1, 0.15) is 34.1 Å². The number of nitrogens with zero attached hydrogens (tertiary/aromatic N) is 1. The SMILES string of the molecule is CCCN=C(C)C=C(C)C. The summed E-state index contributed by atoms with van der Waals surface area (Å²) in [5.41, 5.74) is 2.46. The molecule has 1 heteroatoms. The number of hydrogen-bond acceptors (Lipinski definition) is 1. The van der Waals surface area contributed by atoms with Crippen LogP contribution in [0.15, 0.2) is 16.6 Å². The highest BCUT2D eigenvalue weighted by Gasteiger charge is 1.82. The quantitative estimate of drug-likeness (QED) is 0.533. The first-order valence-corrected chi connectivity index (χ1v) is 3.82. The van der Waals surface area contributed by atoms with E-state index in [1.54, 1.807) is 0 Å². The van der Waals surface area contributed by atoms with Crippen LogP contribution in [0.5, 0.6) is 0 Å². The Balaban J connectivity index is 3.82. The van der Waals surface area contributed by atoms with E-state index in [0.29, 0.717) is 0 Å². The van der Waals surface area contributed by atoms with Gasteiger partial charge in [-0.05, 0) is 33.3 Å². The van der Waals surface area contributed by atoms with Gasteiger partial charge in [0.25, 0.3) is 0 Å². The molecular weight excluding hydrogens is 122 g/mol. The molecule has 0 aromatic heterocycles. The van der Waals surface area contributed by atoms with Crippen molar-refractivity contribution in [1.29, 1.82) is 0 Å². The van der Waals surface area contributed by atoms with Crippen LogP contribution in [0.3, 0.4) is 0 Å². The van der Waals surface area contributed by atoms with Gasteiger partial charge in [-0.2, -0.15) is 0 Å². The van der Waals surface area contributed by atoms with Crippen LogP contribution < -0.4 is 0 Å². The van der Waals surface area contributed by atoms with Gasteiger partial charge in [-0.3, -0.25) is 4.99 Å². The van der Waals surface area contributed by atoms with Gasteiger partial charge in [-0.25, -0.2) is 0 Å². The molecule has 10 heavy (non-hydrogen) atoms. The monoisotopic (exact) mass is 139 g/mol. The summed E-state index contributed by atoms with van der Waals surface area (Å²) in [5, 5.41) is 0. The molecule has 0 aliphatic carbocycles. The Hall–Kier alpha value is -0.590. The van der Waals surface area contributed by atoms with Gasteiger partial charge in [0, 0.05) is 12.3 Å². The van der Waals surface area contributed by atoms with Crippen molar-refractivity contribution >= 4 is 5.71 Å². The van der Waals surface area contributed by atoms with Crippen LogP contribution in [-0.2, 0) is 0 Å². The first-order chi connectivity index (χ1) is 4.66. The van der Waals surface area contributed by atoms with E-state index in [-0.39, 0.29) is 0 Å². The van der Waals surface area contributed by atoms with Gasteiger partial charge in [0.05, 0.1) is 0 Å². The molecular formula is C9H17N. The average molecular weight is 139 g/mol. The summed E-state index contributed by atoms with van der Waals surface area (Å²) in [6, 6.07) is 0. The van der Waals surface area contributed by atoms with E-state index >= 15 is 0 Å². The molecule has 0 amide bonds. The third-order valence-electron chi connectivity index (χ3n) is 1.08. The van der Waals surface area contributed by atoms with Crippen molar-refractivity contribution in [1.82, 2.24) is 0 Å². The second-order valence-electron chi connectivity index (χ2n) is 2.74. The van der Waals surface area contributed by atoms with Gasteiger partial charge >= 0.3 is 0 Å². The summed E-state index contributed by atoms with van der Waals surface area (Å²) < 4.78 is 0. The van der Waals surface area contributed by atoms with Crippen molar-refractivity contribution in [2.75, 3.05) is 6.54 Å². The van der Waals surface area contributed by atoms with Crippen LogP contribution in [0.4, 0.5) is 0 Å². The fourth-order valence-corrected chi connectivity index (χ4v) is 0.752. The fraction of sp³-hybridized carbons (Fsp3) is 0.667. The molecule has 0 saturated heterocycles. The second-order valence-corrected chi connectivity index (χ2v) is 2.74. The smallest absolute Gasteiger partial charge is 0.0389 e. The Morgan fingerprint density at radius 1 is 1.30 bits per heavy atom. The molecule has 0 spiro atoms. The minimum absolute atomic E-state index is 0.954. The highest BCUT2D eigenvalue weighted by Crippen LogP contribution is 1.91. The molecule has 58 valence electrons. The third-order valence-corrected chi connectivity index (χ3v) is 1.08. The van der Waals surface area contributed by atoms with Crippen molar-refractivity contribution in [2.24, 2.45) is 4.99 Å². The molecule has 0 atom stereocenters. The third kappa shape index (κ3) is 5.54. The minimum atomic E-state index is 0.954. The minimum Gasteiger partial charge on any atom is -0.290 e. The highest BCUT2D eigenvalue weighted by atomic mass is 14.7. The Morgan fingerprint density at radius 2 is 1.90 bits per heavy atom. The first kappa shape index (κ1) is 9.41. The van der Waals surface area contributed by atoms with E-state index in [1.807, 2.05) is 6.92 Å². The molecule has 0 aromatic carbocycles. The Kier molecular flexibility index (Phi) is 4.91. The first-order valence-electron chi connectivity index (χ1n) is 3.82. The van der Waals surface area contributed by atoms with Crippen molar-refractivity contribution in [3.63, 3.8) is 0 Å². The van der Waals surface area contributed by atoms with Crippen molar-refractivity contribution in [3.8, 4) is 0 Å². The van der Waals surface area contributed by atoms with Crippen LogP contribution in [-0.4, -0.2) is 12.3 Å². The van der Waals surface area contributed by atoms with E-state index in [9.17, 15) is 0 Å². The van der Waals surface area contributed by atoms with Gasteiger partial charge in [0.1, 0.15) is 0 Å². The normalized spacial score (nSPS) is 11.4. The topological polar surface area (TPSA) is 12.4 Å². The lowest BCUT2D eigenvalue weighted by Crippen LogP contribution is -1.88. The molecule has 0 rings (SSSR count). The van der Waals surface area contributed by atoms with Crippen molar-refractivity contribution in [3.05, 3.63) is 11.6 Å². The van der Waals surface area contributed by atoms with E-state index < -0.39 is 0 Å². The van der Waals surface area contributed by atoms with Crippen molar-refractivity contribution < 1.29 is 0 Å². The summed E-state index contributed by atoms with van der Waals surface area (Å²) in [5.74, 6) is 0. The lowest BCUT2D eigenvalue weighted by atomic mass is 10.2. The largest absolute Gasteiger partial charge is 0.290 e. The summed E-state index contributed by atoms with van der Waals surface area (Å²) >= 11 is 0. The summed E-state index contributed by atoms with van der Waals surface area (Å²) in [7, 11) is 0. The zero-order valence-electron chi connectivity index (χ0n) is 7.44. The molecule has 0 aromatic rings. The van der Waals surface area contributed by atoms with Gasteiger partial charge in [-0.15, -0.1) is 0 Å². The fourth-order valence-electron chi connectivity index (χ4n) is 0.752. The Bertz CT molecular complexity index is 139. The number of aliphatic imine (C=N–C) groups is 1. The number of allylic oxidation sites excluding steroid dienone is 2. The summed E-state index contributed by atoms with van der Waals surface area (Å²) in [6.07, 6.45) is 3.24. The summed E-state index contributed by atoms with van der Waals surface area (Å²) in [6.45, 7) is 9.31. The van der Waals surface area contributed by atoms with E-state index in [4.69, 9.17) is 0 Å². The van der Waals surface area contributed by atoms with Crippen molar-refractivity contribution in [2.45, 2.75) is 34.1 Å². The average Bonchev–Trinajstić information content (AvgIpc) is 1.82. The molecule has 0 N–H and O–H groups in total. The Morgan fingerprint density at radius 3 is 2.30 bits per heavy atom.